The number of benzene rings is 5. The molecule has 330 valence electrons. The van der Waals surface area contributed by atoms with Crippen LogP contribution in [0.4, 0.5) is 0 Å². The van der Waals surface area contributed by atoms with Crippen LogP contribution in [0.15, 0.2) is 176 Å². The van der Waals surface area contributed by atoms with Gasteiger partial charge in [-0.05, 0) is 60.7 Å². The molecule has 0 atom stereocenters. The molecule has 5 aromatic carbocycles. The Kier molecular flexibility index (Phi) is 47.8. The molecule has 0 heterocycles. The van der Waals surface area contributed by atoms with Crippen molar-refractivity contribution in [3.8, 4) is 0 Å². The minimum absolute atomic E-state index is 0. The number of hydrogen-bond donors (Lipinski definition) is 0. The Bertz CT molecular complexity index is 1460. The Morgan fingerprint density at radius 2 is 0.383 bits per heavy atom. The van der Waals surface area contributed by atoms with E-state index in [1.165, 1.54) is 78.3 Å². The van der Waals surface area contributed by atoms with E-state index in [2.05, 4.69) is 64.1 Å². The normalized spacial score (nSPS) is 8.42. The zero-order chi connectivity index (χ0) is 40.5. The van der Waals surface area contributed by atoms with Gasteiger partial charge in [0.1, 0.15) is 0 Å². The summed E-state index contributed by atoms with van der Waals surface area (Å²) in [6.07, 6.45) is 3.51. The van der Waals surface area contributed by atoms with Crippen molar-refractivity contribution < 1.29 is 47.5 Å². The molecule has 0 aromatic heterocycles. The van der Waals surface area contributed by atoms with Crippen LogP contribution in [0.2, 0.25) is 0 Å². The van der Waals surface area contributed by atoms with Gasteiger partial charge in [-0.1, -0.05) is 91.0 Å². The molecular formula is C35H40F5N5O5S10. The summed E-state index contributed by atoms with van der Waals surface area (Å²) in [5, 5.41) is 0. The molecule has 60 heavy (non-hydrogen) atoms. The van der Waals surface area contributed by atoms with E-state index in [-0.39, 0.29) is 23.5 Å². The van der Waals surface area contributed by atoms with Crippen molar-refractivity contribution in [1.29, 1.82) is 0 Å². The Labute approximate surface area is 395 Å². The maximum absolute atomic E-state index is 10.2. The number of rotatable bonds is 15. The van der Waals surface area contributed by atoms with Gasteiger partial charge >= 0.3 is 0 Å². The van der Waals surface area contributed by atoms with E-state index >= 15 is 0 Å². The molecule has 0 N–H and O–H groups in total. The predicted molar refractivity (Wildman–Crippen MR) is 252 cm³/mol. The molecule has 0 aliphatic heterocycles. The highest BCUT2D eigenvalue weighted by atomic mass is 32.2. The fourth-order valence-corrected chi connectivity index (χ4v) is 7.41. The van der Waals surface area contributed by atoms with Crippen LogP contribution in [0.3, 0.4) is 0 Å². The molecule has 0 spiro atoms. The van der Waals surface area contributed by atoms with Gasteiger partial charge in [0.2, 0.25) is 0 Å². The van der Waals surface area contributed by atoms with Crippen LogP contribution < -0.4 is 23.5 Å². The second kappa shape index (κ2) is 43.7. The summed E-state index contributed by atoms with van der Waals surface area (Å²) in [4.78, 5) is 55.9. The fraction of sp³-hybridized carbons (Fsp3) is 0. The van der Waals surface area contributed by atoms with E-state index < -0.39 is 0 Å². The van der Waals surface area contributed by atoms with Crippen molar-refractivity contribution in [2.75, 3.05) is 0 Å². The SMILES string of the molecule is O=CN([SH2+])Sc1ccccc1.O=CN([SH2+])Sc1ccccc1.O=CN([SH2+])Sc1ccccc1.O=CN([SH2+])Sc1ccccc1.O=CN([SH2+])Sc1ccccc1.[F-].[F-].[F-].[F-].[F-]. The zero-order valence-corrected chi connectivity index (χ0v) is 39.6. The van der Waals surface area contributed by atoms with Gasteiger partial charge in [0.15, 0.2) is 0 Å². The largest absolute Gasteiger partial charge is 1.00 e. The van der Waals surface area contributed by atoms with Crippen LogP contribution in [0.25, 0.3) is 0 Å². The number of nitrogens with zero attached hydrogens (tertiary/aromatic N) is 5. The molecule has 0 unspecified atom stereocenters. The molecule has 0 radical (unpaired) electrons. The Balaban J connectivity index is -0.000000206. The van der Waals surface area contributed by atoms with Crippen LogP contribution >= 0.6 is 59.7 Å². The Morgan fingerprint density at radius 1 is 0.267 bits per heavy atom. The lowest BCUT2D eigenvalue weighted by atomic mass is 10.4. The average Bonchev–Trinajstić information content (AvgIpc) is 3.23. The number of amides is 5. The molecule has 0 saturated carbocycles. The first-order chi connectivity index (χ1) is 26.6. The van der Waals surface area contributed by atoms with Gasteiger partial charge in [-0.2, -0.15) is 0 Å². The highest BCUT2D eigenvalue weighted by molar-refractivity contribution is 8.03. The minimum Gasteiger partial charge on any atom is -1.00 e. The van der Waals surface area contributed by atoms with E-state index in [0.717, 1.165) is 24.5 Å². The number of hydrogen-bond acceptors (Lipinski definition) is 10. The van der Waals surface area contributed by atoms with Crippen molar-refractivity contribution in [2.45, 2.75) is 24.5 Å². The van der Waals surface area contributed by atoms with Crippen LogP contribution in [-0.4, -0.2) is 50.6 Å². The molecule has 0 bridgehead atoms. The van der Waals surface area contributed by atoms with Gasteiger partial charge in [0, 0.05) is 84.2 Å². The van der Waals surface area contributed by atoms with Crippen molar-refractivity contribution in [3.05, 3.63) is 152 Å². The summed E-state index contributed by atoms with van der Waals surface area (Å²) >= 11 is 22.1. The maximum atomic E-state index is 10.2. The molecule has 0 aliphatic rings. The number of halogens is 5. The molecule has 0 aliphatic carbocycles. The fourth-order valence-electron chi connectivity index (χ4n) is 3.08. The third kappa shape index (κ3) is 35.4. The molecule has 0 saturated heterocycles. The van der Waals surface area contributed by atoms with Crippen molar-refractivity contribution in [3.63, 3.8) is 0 Å². The number of carbonyl (C=O) groups excluding carboxylic acids is 5. The standard InChI is InChI=1S/5C7H7NOS2.5FH/c5*9-6-8(10)11-7-4-2-1-3-5-7;;;;;/h5*1-6,10H;5*1H. The Morgan fingerprint density at radius 3 is 0.483 bits per heavy atom. The Hall–Kier alpha value is -3.40. The molecule has 5 amide bonds. The van der Waals surface area contributed by atoms with Gasteiger partial charge in [-0.25, -0.2) is 0 Å². The summed E-state index contributed by atoms with van der Waals surface area (Å²) in [6, 6.07) is 48.2. The van der Waals surface area contributed by atoms with Crippen molar-refractivity contribution in [2.24, 2.45) is 0 Å². The first-order valence-corrected chi connectivity index (χ1v) is 21.2. The lowest BCUT2D eigenvalue weighted by Gasteiger charge is -1.99. The molecule has 25 heteroatoms. The van der Waals surface area contributed by atoms with Gasteiger partial charge in [0.05, 0.1) is 64.1 Å². The maximum Gasteiger partial charge on any atom is 0.264 e. The summed E-state index contributed by atoms with van der Waals surface area (Å²) in [5.74, 6) is 0. The molecule has 10 nitrogen and oxygen atoms in total. The minimum atomic E-state index is 0. The second-order valence-corrected chi connectivity index (χ2v) is 18.4. The molecule has 0 fully saturated rings. The smallest absolute Gasteiger partial charge is 0.264 e. The van der Waals surface area contributed by atoms with Crippen LogP contribution in [0.1, 0.15) is 0 Å². The van der Waals surface area contributed by atoms with Gasteiger partial charge in [0.25, 0.3) is 32.1 Å². The van der Waals surface area contributed by atoms with E-state index in [4.69, 9.17) is 0 Å². The van der Waals surface area contributed by atoms with E-state index in [1.54, 1.807) is 0 Å². The number of carbonyl (C=O) groups is 5. The second-order valence-electron chi connectivity index (χ2n) is 9.18. The quantitative estimate of drug-likeness (QED) is 0.0436. The third-order valence-corrected chi connectivity index (χ3v) is 10.9. The average molecular weight is 1030 g/mol. The molecule has 5 aromatic rings. The van der Waals surface area contributed by atoms with Crippen LogP contribution in [0, 0.1) is 0 Å². The van der Waals surface area contributed by atoms with Gasteiger partial charge < -0.3 is 23.5 Å². The van der Waals surface area contributed by atoms with Crippen LogP contribution in [-0.2, 0) is 88.0 Å². The summed E-state index contributed by atoms with van der Waals surface area (Å²) in [5.41, 5.74) is 0. The van der Waals surface area contributed by atoms with Crippen molar-refractivity contribution in [1.82, 2.24) is 18.6 Å². The first-order valence-electron chi connectivity index (χ1n) is 15.1. The zero-order valence-electron chi connectivity index (χ0n) is 30.5. The summed E-state index contributed by atoms with van der Waals surface area (Å²) < 4.78 is 6.64. The monoisotopic (exact) mass is 1030 g/mol. The highest BCUT2D eigenvalue weighted by Crippen LogP contribution is 2.21. The van der Waals surface area contributed by atoms with Gasteiger partial charge in [-0.15, -0.1) is 18.6 Å². The van der Waals surface area contributed by atoms with Crippen molar-refractivity contribution >= 4 is 156 Å². The van der Waals surface area contributed by atoms with Gasteiger partial charge in [-0.3, -0.25) is 24.0 Å². The molecule has 5 rings (SSSR count). The lowest BCUT2D eigenvalue weighted by molar-refractivity contribution is -0.111. The highest BCUT2D eigenvalue weighted by Gasteiger charge is 2.04. The topological polar surface area (TPSA) is 102 Å². The molecular weight excluding hydrogens is 986 g/mol. The van der Waals surface area contributed by atoms with E-state index in [0.29, 0.717) is 32.1 Å². The lowest BCUT2D eigenvalue weighted by Crippen LogP contribution is -3.00. The first kappa shape index (κ1) is 65.7. The van der Waals surface area contributed by atoms with E-state index in [1.807, 2.05) is 152 Å². The summed E-state index contributed by atoms with van der Waals surface area (Å²) in [7, 11) is 0. The van der Waals surface area contributed by atoms with Crippen LogP contribution in [0.5, 0.6) is 0 Å². The third-order valence-electron chi connectivity index (χ3n) is 5.21. The van der Waals surface area contributed by atoms with E-state index in [9.17, 15) is 24.0 Å². The predicted octanol–water partition coefficient (Wildman–Crippen LogP) is -9.59. The summed E-state index contributed by atoms with van der Waals surface area (Å²) in [6.45, 7) is 0.